The standard InChI is InChI=1S/C23H27N3O3S/c1-18-6-5-7-19(14-18)16-24-23(27)17-25-13-10-20-15-21(8-9-22(20)25)30(28,29)26-11-3-2-4-12-26/h5-10,13-15H,2-4,11-12,16-17H2,1H3,(H,24,27). The van der Waals surface area contributed by atoms with Gasteiger partial charge in [-0.3, -0.25) is 4.79 Å². The summed E-state index contributed by atoms with van der Waals surface area (Å²) in [5, 5.41) is 3.76. The monoisotopic (exact) mass is 425 g/mol. The average Bonchev–Trinajstić information content (AvgIpc) is 3.15. The van der Waals surface area contributed by atoms with E-state index in [4.69, 9.17) is 0 Å². The van der Waals surface area contributed by atoms with Gasteiger partial charge < -0.3 is 9.88 Å². The number of aromatic nitrogens is 1. The van der Waals surface area contributed by atoms with Gasteiger partial charge in [0.15, 0.2) is 0 Å². The number of hydrogen-bond donors (Lipinski definition) is 1. The molecule has 1 aliphatic rings. The molecule has 0 aliphatic carbocycles. The van der Waals surface area contributed by atoms with E-state index < -0.39 is 10.0 Å². The minimum Gasteiger partial charge on any atom is -0.350 e. The number of benzene rings is 2. The van der Waals surface area contributed by atoms with Crippen LogP contribution in [0.5, 0.6) is 0 Å². The Morgan fingerprint density at radius 1 is 1.03 bits per heavy atom. The zero-order chi connectivity index (χ0) is 21.1. The zero-order valence-electron chi connectivity index (χ0n) is 17.2. The predicted octanol–water partition coefficient (Wildman–Crippen LogP) is 3.44. The van der Waals surface area contributed by atoms with Crippen molar-refractivity contribution in [1.82, 2.24) is 14.2 Å². The van der Waals surface area contributed by atoms with Gasteiger partial charge in [-0.15, -0.1) is 0 Å². The molecule has 0 saturated carbocycles. The van der Waals surface area contributed by atoms with Crippen LogP contribution in [0.2, 0.25) is 0 Å². The topological polar surface area (TPSA) is 71.4 Å². The Morgan fingerprint density at radius 3 is 2.60 bits per heavy atom. The smallest absolute Gasteiger partial charge is 0.243 e. The Balaban J connectivity index is 1.46. The van der Waals surface area contributed by atoms with E-state index in [1.807, 2.05) is 42.0 Å². The predicted molar refractivity (Wildman–Crippen MR) is 118 cm³/mol. The van der Waals surface area contributed by atoms with Crippen molar-refractivity contribution in [3.63, 3.8) is 0 Å². The van der Waals surface area contributed by atoms with Gasteiger partial charge in [-0.05, 0) is 49.6 Å². The molecule has 1 fully saturated rings. The Bertz CT molecular complexity index is 1160. The van der Waals surface area contributed by atoms with E-state index in [2.05, 4.69) is 11.4 Å². The second-order valence-electron chi connectivity index (χ2n) is 7.89. The molecule has 0 radical (unpaired) electrons. The molecule has 6 nitrogen and oxygen atoms in total. The van der Waals surface area contributed by atoms with Crippen LogP contribution in [0.4, 0.5) is 0 Å². The zero-order valence-corrected chi connectivity index (χ0v) is 18.0. The molecule has 1 aliphatic heterocycles. The lowest BCUT2D eigenvalue weighted by Crippen LogP contribution is -2.35. The first-order chi connectivity index (χ1) is 14.4. The maximum atomic E-state index is 12.9. The summed E-state index contributed by atoms with van der Waals surface area (Å²) in [6.07, 6.45) is 4.74. The van der Waals surface area contributed by atoms with Gasteiger partial charge >= 0.3 is 0 Å². The molecule has 0 spiro atoms. The van der Waals surface area contributed by atoms with Gasteiger partial charge in [-0.1, -0.05) is 36.2 Å². The largest absolute Gasteiger partial charge is 0.350 e. The fourth-order valence-corrected chi connectivity index (χ4v) is 5.52. The van der Waals surface area contributed by atoms with E-state index in [9.17, 15) is 13.2 Å². The van der Waals surface area contributed by atoms with E-state index in [1.54, 1.807) is 22.5 Å². The van der Waals surface area contributed by atoms with Gasteiger partial charge in [0.2, 0.25) is 15.9 Å². The van der Waals surface area contributed by atoms with Crippen LogP contribution >= 0.6 is 0 Å². The number of piperidine rings is 1. The molecule has 7 heteroatoms. The van der Waals surface area contributed by atoms with Crippen LogP contribution in [0, 0.1) is 6.92 Å². The summed E-state index contributed by atoms with van der Waals surface area (Å²) in [6, 6.07) is 15.0. The molecule has 1 saturated heterocycles. The molecule has 0 unspecified atom stereocenters. The number of rotatable bonds is 6. The van der Waals surface area contributed by atoms with Crippen molar-refractivity contribution in [3.8, 4) is 0 Å². The lowest BCUT2D eigenvalue weighted by Gasteiger charge is -2.25. The Labute approximate surface area is 177 Å². The van der Waals surface area contributed by atoms with Crippen molar-refractivity contribution in [3.05, 3.63) is 65.9 Å². The Morgan fingerprint density at radius 2 is 1.83 bits per heavy atom. The fraction of sp³-hybridized carbons (Fsp3) is 0.348. The van der Waals surface area contributed by atoms with Crippen LogP contribution in [0.15, 0.2) is 59.6 Å². The minimum atomic E-state index is -3.47. The van der Waals surface area contributed by atoms with Gasteiger partial charge in [0, 0.05) is 36.7 Å². The highest BCUT2D eigenvalue weighted by molar-refractivity contribution is 7.89. The molecule has 1 amide bonds. The third kappa shape index (κ3) is 4.42. The number of nitrogens with one attached hydrogen (secondary N) is 1. The van der Waals surface area contributed by atoms with E-state index >= 15 is 0 Å². The molecular formula is C23H27N3O3S. The van der Waals surface area contributed by atoms with Crippen molar-refractivity contribution in [1.29, 1.82) is 0 Å². The second-order valence-corrected chi connectivity index (χ2v) is 9.83. The number of carbonyl (C=O) groups is 1. The van der Waals surface area contributed by atoms with E-state index in [0.29, 0.717) is 24.5 Å². The SMILES string of the molecule is Cc1cccc(CNC(=O)Cn2ccc3cc(S(=O)(=O)N4CCCCC4)ccc32)c1. The van der Waals surface area contributed by atoms with E-state index in [-0.39, 0.29) is 12.5 Å². The summed E-state index contributed by atoms with van der Waals surface area (Å²) < 4.78 is 29.3. The number of nitrogens with zero attached hydrogens (tertiary/aromatic N) is 2. The first-order valence-corrected chi connectivity index (χ1v) is 11.8. The Kier molecular flexibility index (Phi) is 5.92. The van der Waals surface area contributed by atoms with Crippen molar-refractivity contribution >= 4 is 26.8 Å². The molecule has 2 aromatic carbocycles. The quantitative estimate of drug-likeness (QED) is 0.658. The minimum absolute atomic E-state index is 0.0842. The number of carbonyl (C=O) groups excluding carboxylic acids is 1. The summed E-state index contributed by atoms with van der Waals surface area (Å²) in [4.78, 5) is 12.7. The maximum absolute atomic E-state index is 12.9. The molecule has 1 N–H and O–H groups in total. The summed E-state index contributed by atoms with van der Waals surface area (Å²) in [7, 11) is -3.47. The highest BCUT2D eigenvalue weighted by Gasteiger charge is 2.26. The lowest BCUT2D eigenvalue weighted by atomic mass is 10.1. The summed E-state index contributed by atoms with van der Waals surface area (Å²) in [5.41, 5.74) is 3.07. The van der Waals surface area contributed by atoms with Gasteiger partial charge in [0.25, 0.3) is 0 Å². The normalized spacial score (nSPS) is 15.4. The molecule has 3 aromatic rings. The average molecular weight is 426 g/mol. The van der Waals surface area contributed by atoms with Crippen LogP contribution in [0.25, 0.3) is 10.9 Å². The number of amides is 1. The van der Waals surface area contributed by atoms with Gasteiger partial charge in [-0.25, -0.2) is 8.42 Å². The van der Waals surface area contributed by atoms with E-state index in [0.717, 1.165) is 41.3 Å². The molecular weight excluding hydrogens is 398 g/mol. The second kappa shape index (κ2) is 8.62. The molecule has 2 heterocycles. The number of sulfonamides is 1. The van der Waals surface area contributed by atoms with Crippen LogP contribution in [0.1, 0.15) is 30.4 Å². The molecule has 0 bridgehead atoms. The molecule has 30 heavy (non-hydrogen) atoms. The third-order valence-corrected chi connectivity index (χ3v) is 7.48. The van der Waals surface area contributed by atoms with Crippen LogP contribution in [-0.2, 0) is 27.9 Å². The van der Waals surface area contributed by atoms with Gasteiger partial charge in [0.1, 0.15) is 6.54 Å². The van der Waals surface area contributed by atoms with Gasteiger partial charge in [0.05, 0.1) is 4.90 Å². The number of aryl methyl sites for hydroxylation is 1. The highest BCUT2D eigenvalue weighted by atomic mass is 32.2. The first-order valence-electron chi connectivity index (χ1n) is 10.3. The number of fused-ring (bicyclic) bond motifs is 1. The van der Waals surface area contributed by atoms with Crippen molar-refractivity contribution in [2.45, 2.75) is 44.2 Å². The fourth-order valence-electron chi connectivity index (χ4n) is 3.96. The summed E-state index contributed by atoms with van der Waals surface area (Å²) in [5.74, 6) is -0.0842. The molecule has 4 rings (SSSR count). The van der Waals surface area contributed by atoms with Crippen molar-refractivity contribution in [2.75, 3.05) is 13.1 Å². The van der Waals surface area contributed by atoms with Crippen molar-refractivity contribution < 1.29 is 13.2 Å². The Hall–Kier alpha value is -2.64. The third-order valence-electron chi connectivity index (χ3n) is 5.58. The lowest BCUT2D eigenvalue weighted by molar-refractivity contribution is -0.121. The molecule has 1 aromatic heterocycles. The molecule has 158 valence electrons. The number of hydrogen-bond acceptors (Lipinski definition) is 3. The van der Waals surface area contributed by atoms with Crippen LogP contribution in [0.3, 0.4) is 0 Å². The maximum Gasteiger partial charge on any atom is 0.243 e. The van der Waals surface area contributed by atoms with Crippen LogP contribution < -0.4 is 5.32 Å². The van der Waals surface area contributed by atoms with Gasteiger partial charge in [-0.2, -0.15) is 4.31 Å². The van der Waals surface area contributed by atoms with Crippen molar-refractivity contribution in [2.24, 2.45) is 0 Å². The first kappa shape index (κ1) is 20.6. The highest BCUT2D eigenvalue weighted by Crippen LogP contribution is 2.25. The summed E-state index contributed by atoms with van der Waals surface area (Å²) in [6.45, 7) is 3.87. The van der Waals surface area contributed by atoms with E-state index in [1.165, 1.54) is 0 Å². The molecule has 0 atom stereocenters. The summed E-state index contributed by atoms with van der Waals surface area (Å²) >= 11 is 0. The van der Waals surface area contributed by atoms with Crippen LogP contribution in [-0.4, -0.2) is 36.3 Å².